The van der Waals surface area contributed by atoms with Crippen LogP contribution in [0, 0.1) is 5.92 Å². The largest absolute Gasteiger partial charge is 0.417 e. The van der Waals surface area contributed by atoms with Gasteiger partial charge >= 0.3 is 6.18 Å². The van der Waals surface area contributed by atoms with Crippen molar-refractivity contribution in [2.75, 3.05) is 18.1 Å². The van der Waals surface area contributed by atoms with Crippen molar-refractivity contribution >= 4 is 5.82 Å². The van der Waals surface area contributed by atoms with Gasteiger partial charge in [0.05, 0.1) is 5.56 Å². The van der Waals surface area contributed by atoms with Gasteiger partial charge in [-0.05, 0) is 37.8 Å². The van der Waals surface area contributed by atoms with Gasteiger partial charge in [-0.15, -0.1) is 0 Å². The van der Waals surface area contributed by atoms with Crippen LogP contribution < -0.4 is 4.90 Å². The Labute approximate surface area is 110 Å². The van der Waals surface area contributed by atoms with Crippen molar-refractivity contribution in [1.82, 2.24) is 4.98 Å². The van der Waals surface area contributed by atoms with Gasteiger partial charge in [-0.1, -0.05) is 0 Å². The maximum Gasteiger partial charge on any atom is 0.417 e. The van der Waals surface area contributed by atoms with Crippen LogP contribution in [0.1, 0.15) is 25.3 Å². The minimum absolute atomic E-state index is 0.101. The molecule has 0 aliphatic carbocycles. The SMILES string of the molecule is C[C@@H]1CC[C@H](CO)CN1c1ccc(C(F)(F)F)cn1. The summed E-state index contributed by atoms with van der Waals surface area (Å²) in [4.78, 5) is 5.88. The fraction of sp³-hybridized carbons (Fsp3) is 0.615. The Bertz CT molecular complexity index is 419. The summed E-state index contributed by atoms with van der Waals surface area (Å²) in [5.41, 5.74) is -0.736. The number of hydrogen-bond donors (Lipinski definition) is 1. The maximum absolute atomic E-state index is 12.5. The Balaban J connectivity index is 2.16. The number of halogens is 3. The number of alkyl halides is 3. The zero-order chi connectivity index (χ0) is 14.0. The minimum Gasteiger partial charge on any atom is -0.396 e. The summed E-state index contributed by atoms with van der Waals surface area (Å²) in [5, 5.41) is 9.20. The van der Waals surface area contributed by atoms with Crippen LogP contribution in [0.2, 0.25) is 0 Å². The molecule has 0 radical (unpaired) electrons. The van der Waals surface area contributed by atoms with Gasteiger partial charge in [-0.3, -0.25) is 0 Å². The quantitative estimate of drug-likeness (QED) is 0.900. The standard InChI is InChI=1S/C13H17F3N2O/c1-9-2-3-10(8-19)7-18(9)12-5-4-11(6-17-12)13(14,15)16/h4-6,9-10,19H,2-3,7-8H2,1H3/t9-,10+/m1/s1. The summed E-state index contributed by atoms with van der Waals surface area (Å²) in [5.74, 6) is 0.707. The third-order valence-electron chi connectivity index (χ3n) is 3.61. The van der Waals surface area contributed by atoms with Gasteiger partial charge in [0.1, 0.15) is 5.82 Å². The molecule has 2 rings (SSSR count). The van der Waals surface area contributed by atoms with Gasteiger partial charge in [0, 0.05) is 25.4 Å². The van der Waals surface area contributed by atoms with Gasteiger partial charge < -0.3 is 10.0 Å². The maximum atomic E-state index is 12.5. The number of nitrogens with zero attached hydrogens (tertiary/aromatic N) is 2. The lowest BCUT2D eigenvalue weighted by Crippen LogP contribution is -2.43. The van der Waals surface area contributed by atoms with Crippen molar-refractivity contribution in [3.63, 3.8) is 0 Å². The first kappa shape index (κ1) is 14.1. The highest BCUT2D eigenvalue weighted by Crippen LogP contribution is 2.31. The van der Waals surface area contributed by atoms with Crippen molar-refractivity contribution in [2.45, 2.75) is 32.0 Å². The summed E-state index contributed by atoms with van der Waals surface area (Å²) >= 11 is 0. The van der Waals surface area contributed by atoms with E-state index in [0.29, 0.717) is 12.4 Å². The molecule has 2 heterocycles. The molecule has 2 atom stereocenters. The highest BCUT2D eigenvalue weighted by Gasteiger charge is 2.31. The third-order valence-corrected chi connectivity index (χ3v) is 3.61. The first-order valence-electron chi connectivity index (χ1n) is 6.32. The number of pyridine rings is 1. The summed E-state index contributed by atoms with van der Waals surface area (Å²) < 4.78 is 37.4. The number of hydrogen-bond acceptors (Lipinski definition) is 3. The molecule has 1 aliphatic rings. The second kappa shape index (κ2) is 5.36. The van der Waals surface area contributed by atoms with Crippen LogP contribution in [0.4, 0.5) is 19.0 Å². The molecule has 0 bridgehead atoms. The number of piperidine rings is 1. The molecule has 0 amide bonds. The number of aliphatic hydroxyl groups excluding tert-OH is 1. The van der Waals surface area contributed by atoms with Crippen LogP contribution in [0.3, 0.4) is 0 Å². The molecular formula is C13H17F3N2O. The molecule has 1 aliphatic heterocycles. The number of aliphatic hydroxyl groups is 1. The van der Waals surface area contributed by atoms with Crippen LogP contribution >= 0.6 is 0 Å². The predicted molar refractivity (Wildman–Crippen MR) is 65.9 cm³/mol. The van der Waals surface area contributed by atoms with Crippen molar-refractivity contribution in [1.29, 1.82) is 0 Å². The monoisotopic (exact) mass is 274 g/mol. The lowest BCUT2D eigenvalue weighted by atomic mass is 9.94. The molecular weight excluding hydrogens is 257 g/mol. The molecule has 6 heteroatoms. The molecule has 1 N–H and O–H groups in total. The molecule has 1 aromatic heterocycles. The summed E-state index contributed by atoms with van der Waals surface area (Å²) in [6, 6.07) is 2.68. The van der Waals surface area contributed by atoms with E-state index in [1.807, 2.05) is 11.8 Å². The van der Waals surface area contributed by atoms with Crippen LogP contribution in [-0.4, -0.2) is 29.3 Å². The van der Waals surface area contributed by atoms with E-state index in [4.69, 9.17) is 0 Å². The minimum atomic E-state index is -4.35. The van der Waals surface area contributed by atoms with Gasteiger partial charge in [0.2, 0.25) is 0 Å². The Morgan fingerprint density at radius 1 is 1.37 bits per heavy atom. The highest BCUT2D eigenvalue weighted by molar-refractivity contribution is 5.41. The molecule has 3 nitrogen and oxygen atoms in total. The van der Waals surface area contributed by atoms with Gasteiger partial charge in [0.25, 0.3) is 0 Å². The smallest absolute Gasteiger partial charge is 0.396 e. The molecule has 0 aromatic carbocycles. The first-order valence-corrected chi connectivity index (χ1v) is 6.32. The average molecular weight is 274 g/mol. The molecule has 0 saturated carbocycles. The van der Waals surface area contributed by atoms with Gasteiger partial charge in [-0.2, -0.15) is 13.2 Å². The Morgan fingerprint density at radius 3 is 2.63 bits per heavy atom. The third kappa shape index (κ3) is 3.18. The van der Waals surface area contributed by atoms with E-state index in [0.717, 1.165) is 25.1 Å². The first-order chi connectivity index (χ1) is 8.91. The van der Waals surface area contributed by atoms with Crippen molar-refractivity contribution in [3.8, 4) is 0 Å². The van der Waals surface area contributed by atoms with Crippen LogP contribution in [-0.2, 0) is 6.18 Å². The lowest BCUT2D eigenvalue weighted by Gasteiger charge is -2.38. The van der Waals surface area contributed by atoms with Crippen LogP contribution in [0.5, 0.6) is 0 Å². The molecule has 1 aromatic rings. The van der Waals surface area contributed by atoms with Crippen molar-refractivity contribution in [2.24, 2.45) is 5.92 Å². The van der Waals surface area contributed by atoms with E-state index in [9.17, 15) is 18.3 Å². The Morgan fingerprint density at radius 2 is 2.11 bits per heavy atom. The van der Waals surface area contributed by atoms with Crippen LogP contribution in [0.15, 0.2) is 18.3 Å². The molecule has 1 fully saturated rings. The fourth-order valence-electron chi connectivity index (χ4n) is 2.37. The summed E-state index contributed by atoms with van der Waals surface area (Å²) in [6.45, 7) is 2.76. The van der Waals surface area contributed by atoms with Gasteiger partial charge in [-0.25, -0.2) is 4.98 Å². The summed E-state index contributed by atoms with van der Waals surface area (Å²) in [6.07, 6.45) is -1.64. The second-order valence-corrected chi connectivity index (χ2v) is 5.03. The predicted octanol–water partition coefficient (Wildman–Crippen LogP) is 2.70. The molecule has 19 heavy (non-hydrogen) atoms. The number of aromatic nitrogens is 1. The van der Waals surface area contributed by atoms with E-state index in [-0.39, 0.29) is 18.6 Å². The van der Waals surface area contributed by atoms with E-state index in [1.165, 1.54) is 6.07 Å². The van der Waals surface area contributed by atoms with Crippen molar-refractivity contribution in [3.05, 3.63) is 23.9 Å². The zero-order valence-electron chi connectivity index (χ0n) is 10.7. The highest BCUT2D eigenvalue weighted by atomic mass is 19.4. The normalized spacial score (nSPS) is 24.6. The number of rotatable bonds is 2. The Kier molecular flexibility index (Phi) is 3.99. The second-order valence-electron chi connectivity index (χ2n) is 5.03. The fourth-order valence-corrected chi connectivity index (χ4v) is 2.37. The zero-order valence-corrected chi connectivity index (χ0v) is 10.7. The van der Waals surface area contributed by atoms with E-state index in [1.54, 1.807) is 0 Å². The Hall–Kier alpha value is -1.30. The summed E-state index contributed by atoms with van der Waals surface area (Å²) in [7, 11) is 0. The van der Waals surface area contributed by atoms with E-state index < -0.39 is 11.7 Å². The van der Waals surface area contributed by atoms with E-state index in [2.05, 4.69) is 4.98 Å². The van der Waals surface area contributed by atoms with Crippen molar-refractivity contribution < 1.29 is 18.3 Å². The van der Waals surface area contributed by atoms with E-state index >= 15 is 0 Å². The molecule has 0 spiro atoms. The lowest BCUT2D eigenvalue weighted by molar-refractivity contribution is -0.137. The molecule has 1 saturated heterocycles. The molecule has 106 valence electrons. The topological polar surface area (TPSA) is 36.4 Å². The average Bonchev–Trinajstić information content (AvgIpc) is 2.38. The van der Waals surface area contributed by atoms with Gasteiger partial charge in [0.15, 0.2) is 0 Å². The molecule has 0 unspecified atom stereocenters. The van der Waals surface area contributed by atoms with Crippen LogP contribution in [0.25, 0.3) is 0 Å². The number of anilines is 1.